The second kappa shape index (κ2) is 13.2. The van der Waals surface area contributed by atoms with E-state index >= 15 is 0 Å². The van der Waals surface area contributed by atoms with Crippen LogP contribution >= 0.6 is 0 Å². The quantitative estimate of drug-likeness (QED) is 0.113. The Morgan fingerprint density at radius 2 is 1.88 bits per heavy atom. The first-order valence-electron chi connectivity index (χ1n) is 13.6. The Hall–Kier alpha value is -5.20. The summed E-state index contributed by atoms with van der Waals surface area (Å²) in [5.41, 5.74) is -1.44. The number of allylic oxidation sites excluding steroid dienone is 1. The molecule has 1 aliphatic rings. The minimum Gasteiger partial charge on any atom is -0.492 e. The minimum atomic E-state index is -1.72. The number of carbonyl (C=O) groups excluding carboxylic acids is 1. The highest BCUT2D eigenvalue weighted by Crippen LogP contribution is 2.51. The first-order valence-corrected chi connectivity index (χ1v) is 13.6. The van der Waals surface area contributed by atoms with Gasteiger partial charge in [0.2, 0.25) is 0 Å². The Morgan fingerprint density at radius 3 is 2.51 bits per heavy atom. The molecule has 2 aromatic carbocycles. The molecule has 0 aliphatic carbocycles. The molecule has 226 valence electrons. The van der Waals surface area contributed by atoms with Gasteiger partial charge in [0.25, 0.3) is 5.69 Å². The molecule has 13 heteroatoms. The van der Waals surface area contributed by atoms with E-state index in [2.05, 4.69) is 10.3 Å². The van der Waals surface area contributed by atoms with Gasteiger partial charge < -0.3 is 29.6 Å². The molecular weight excluding hydrogens is 560 g/mol. The highest BCUT2D eigenvalue weighted by Gasteiger charge is 2.56. The number of carboxylic acids is 2. The third-order valence-corrected chi connectivity index (χ3v) is 7.69. The fraction of sp³-hybridized carbons (Fsp3) is 0.333. The molecule has 1 aromatic heterocycles. The Bertz CT molecular complexity index is 1520. The number of carboxylic acid groups (broad SMARTS) is 2. The van der Waals surface area contributed by atoms with Crippen molar-refractivity contribution in [3.63, 3.8) is 0 Å². The van der Waals surface area contributed by atoms with Crippen molar-refractivity contribution in [2.75, 3.05) is 13.2 Å². The molecule has 13 nitrogen and oxygen atoms in total. The zero-order chi connectivity index (χ0) is 31.1. The molecule has 0 bridgehead atoms. The maximum atomic E-state index is 13.0. The number of esters is 1. The summed E-state index contributed by atoms with van der Waals surface area (Å²) < 4.78 is 13.0. The Labute approximate surface area is 246 Å². The van der Waals surface area contributed by atoms with Crippen molar-refractivity contribution >= 4 is 23.6 Å². The second-order valence-corrected chi connectivity index (χ2v) is 10.3. The molecule has 43 heavy (non-hydrogen) atoms. The maximum absolute atomic E-state index is 13.0. The summed E-state index contributed by atoms with van der Waals surface area (Å²) in [7, 11) is 0. The Kier molecular flexibility index (Phi) is 9.43. The van der Waals surface area contributed by atoms with Crippen molar-refractivity contribution in [1.29, 1.82) is 0 Å². The molecule has 0 saturated heterocycles. The van der Waals surface area contributed by atoms with Gasteiger partial charge in [-0.3, -0.25) is 14.9 Å². The lowest BCUT2D eigenvalue weighted by Gasteiger charge is -2.47. The van der Waals surface area contributed by atoms with Gasteiger partial charge in [-0.15, -0.1) is 0 Å². The SMILES string of the molecule is CC1=C(C(=O)O)C(c2cccc([N+](=O)[O-])c2)C(CCCOC(=O)c2ccc(OCCn3ccnc3)cc2)(C(=O)O)C(C)N1. The lowest BCUT2D eigenvalue weighted by molar-refractivity contribution is -0.384. The number of nitro groups is 1. The summed E-state index contributed by atoms with van der Waals surface area (Å²) in [6, 6.07) is 11.0. The van der Waals surface area contributed by atoms with Crippen LogP contribution in [0.25, 0.3) is 0 Å². The lowest BCUT2D eigenvalue weighted by Crippen LogP contribution is -2.56. The number of benzene rings is 2. The van der Waals surface area contributed by atoms with Crippen LogP contribution in [0.1, 0.15) is 48.5 Å². The van der Waals surface area contributed by atoms with Crippen molar-refractivity contribution in [1.82, 2.24) is 14.9 Å². The standard InChI is InChI=1S/C30H32N4O9/c1-19-25(27(35)36)26(22-5-3-6-23(17-22)34(40)41)30(29(38)39,20(2)32-19)11-4-15-43-28(37)21-7-9-24(10-8-21)42-16-14-33-13-12-31-18-33/h3,5-10,12-13,17-18,20,26,32H,4,11,14-16H2,1-2H3,(H,35,36)(H,38,39). The van der Waals surface area contributed by atoms with E-state index in [1.807, 2.05) is 10.8 Å². The van der Waals surface area contributed by atoms with Crippen LogP contribution in [-0.4, -0.2) is 61.9 Å². The summed E-state index contributed by atoms with van der Waals surface area (Å²) in [5, 5.41) is 35.1. The lowest BCUT2D eigenvalue weighted by atomic mass is 9.60. The monoisotopic (exact) mass is 592 g/mol. The van der Waals surface area contributed by atoms with Crippen molar-refractivity contribution in [2.45, 2.75) is 45.2 Å². The summed E-state index contributed by atoms with van der Waals surface area (Å²) in [5.74, 6) is -3.86. The average Bonchev–Trinajstić information content (AvgIpc) is 3.49. The van der Waals surface area contributed by atoms with E-state index < -0.39 is 40.2 Å². The van der Waals surface area contributed by atoms with Gasteiger partial charge in [-0.1, -0.05) is 12.1 Å². The Balaban J connectivity index is 1.46. The second-order valence-electron chi connectivity index (χ2n) is 10.3. The van der Waals surface area contributed by atoms with Gasteiger partial charge in [-0.2, -0.15) is 0 Å². The molecule has 4 rings (SSSR count). The van der Waals surface area contributed by atoms with E-state index in [1.165, 1.54) is 31.2 Å². The maximum Gasteiger partial charge on any atom is 0.338 e. The number of ether oxygens (including phenoxy) is 2. The van der Waals surface area contributed by atoms with E-state index in [-0.39, 0.29) is 47.5 Å². The summed E-state index contributed by atoms with van der Waals surface area (Å²) in [6.45, 7) is 4.06. The molecule has 0 radical (unpaired) electrons. The van der Waals surface area contributed by atoms with E-state index in [4.69, 9.17) is 9.47 Å². The Morgan fingerprint density at radius 1 is 1.14 bits per heavy atom. The van der Waals surface area contributed by atoms with Crippen LogP contribution in [0.4, 0.5) is 5.69 Å². The molecule has 3 atom stereocenters. The molecule has 0 fully saturated rings. The number of aromatic nitrogens is 2. The van der Waals surface area contributed by atoms with Gasteiger partial charge in [0.15, 0.2) is 0 Å². The highest BCUT2D eigenvalue weighted by atomic mass is 16.6. The zero-order valence-electron chi connectivity index (χ0n) is 23.6. The van der Waals surface area contributed by atoms with Gasteiger partial charge in [0, 0.05) is 42.2 Å². The smallest absolute Gasteiger partial charge is 0.338 e. The number of nitrogens with zero attached hydrogens (tertiary/aromatic N) is 3. The number of aliphatic carboxylic acids is 2. The minimum absolute atomic E-state index is 0.0785. The highest BCUT2D eigenvalue weighted by molar-refractivity contribution is 5.93. The van der Waals surface area contributed by atoms with Crippen LogP contribution in [0, 0.1) is 15.5 Å². The third kappa shape index (κ3) is 6.66. The van der Waals surface area contributed by atoms with Gasteiger partial charge in [-0.05, 0) is 56.5 Å². The van der Waals surface area contributed by atoms with Gasteiger partial charge >= 0.3 is 17.9 Å². The fourth-order valence-corrected chi connectivity index (χ4v) is 5.59. The number of carbonyl (C=O) groups is 3. The fourth-order valence-electron chi connectivity index (χ4n) is 5.59. The van der Waals surface area contributed by atoms with Crippen molar-refractivity contribution in [3.05, 3.63) is 99.8 Å². The summed E-state index contributed by atoms with van der Waals surface area (Å²) in [6.07, 6.45) is 5.20. The van der Waals surface area contributed by atoms with Gasteiger partial charge in [0.1, 0.15) is 12.4 Å². The van der Waals surface area contributed by atoms with Crippen LogP contribution in [0.2, 0.25) is 0 Å². The van der Waals surface area contributed by atoms with Crippen LogP contribution in [-0.2, 0) is 20.9 Å². The number of nitrogens with one attached hydrogen (secondary N) is 1. The molecule has 0 spiro atoms. The number of non-ortho nitro benzene ring substituents is 1. The van der Waals surface area contributed by atoms with Crippen molar-refractivity contribution < 1.29 is 39.0 Å². The predicted molar refractivity (Wildman–Crippen MR) is 153 cm³/mol. The van der Waals surface area contributed by atoms with Crippen LogP contribution in [0.5, 0.6) is 5.75 Å². The molecule has 3 aromatic rings. The van der Waals surface area contributed by atoms with E-state index in [0.717, 1.165) is 0 Å². The van der Waals surface area contributed by atoms with Crippen molar-refractivity contribution in [2.24, 2.45) is 5.41 Å². The molecule has 1 aliphatic heterocycles. The molecular formula is C30H32N4O9. The summed E-state index contributed by atoms with van der Waals surface area (Å²) >= 11 is 0. The molecule has 3 unspecified atom stereocenters. The zero-order valence-corrected chi connectivity index (χ0v) is 23.6. The normalized spacial score (nSPS) is 19.8. The molecule has 0 amide bonds. The topological polar surface area (TPSA) is 183 Å². The van der Waals surface area contributed by atoms with Crippen molar-refractivity contribution in [3.8, 4) is 5.75 Å². The largest absolute Gasteiger partial charge is 0.492 e. The predicted octanol–water partition coefficient (Wildman–Crippen LogP) is 4.01. The molecule has 0 saturated carbocycles. The van der Waals surface area contributed by atoms with E-state index in [9.17, 15) is 34.7 Å². The number of imidazole rings is 1. The van der Waals surface area contributed by atoms with Crippen LogP contribution < -0.4 is 10.1 Å². The number of nitro benzene ring substituents is 1. The number of hydrogen-bond donors (Lipinski definition) is 3. The summed E-state index contributed by atoms with van der Waals surface area (Å²) in [4.78, 5) is 52.9. The number of rotatable bonds is 13. The van der Waals surface area contributed by atoms with E-state index in [1.54, 1.807) is 43.7 Å². The molecule has 3 N–H and O–H groups in total. The molecule has 2 heterocycles. The van der Waals surface area contributed by atoms with Gasteiger partial charge in [-0.25, -0.2) is 14.6 Å². The first kappa shape index (κ1) is 30.8. The first-order chi connectivity index (χ1) is 20.5. The van der Waals surface area contributed by atoms with Crippen LogP contribution in [0.15, 0.2) is 78.5 Å². The third-order valence-electron chi connectivity index (χ3n) is 7.69. The van der Waals surface area contributed by atoms with Crippen LogP contribution in [0.3, 0.4) is 0 Å². The van der Waals surface area contributed by atoms with E-state index in [0.29, 0.717) is 18.9 Å². The van der Waals surface area contributed by atoms with Gasteiger partial charge in [0.05, 0.1) is 41.0 Å². The number of hydrogen-bond acceptors (Lipinski definition) is 9. The average molecular weight is 593 g/mol.